The van der Waals surface area contributed by atoms with Gasteiger partial charge in [0, 0.05) is 30.9 Å². The van der Waals surface area contributed by atoms with E-state index in [1.54, 1.807) is 30.2 Å². The molecule has 0 amide bonds. The molecule has 11 heteroatoms. The normalized spacial score (nSPS) is 10.1. The smallest absolute Gasteiger partial charge is 0.229 e. The van der Waals surface area contributed by atoms with Gasteiger partial charge in [-0.1, -0.05) is 11.6 Å². The zero-order valence-corrected chi connectivity index (χ0v) is 20.2. The van der Waals surface area contributed by atoms with Crippen LogP contribution in [0.15, 0.2) is 36.5 Å². The molecular formula is C23H25ClN6O4. The Labute approximate surface area is 203 Å². The van der Waals surface area contributed by atoms with Gasteiger partial charge in [0.2, 0.25) is 11.7 Å². The molecule has 3 rings (SSSR count). The third kappa shape index (κ3) is 5.44. The van der Waals surface area contributed by atoms with Gasteiger partial charge in [0.1, 0.15) is 17.3 Å². The number of halogens is 1. The van der Waals surface area contributed by atoms with E-state index in [4.69, 9.17) is 35.8 Å². The predicted molar refractivity (Wildman–Crippen MR) is 132 cm³/mol. The summed E-state index contributed by atoms with van der Waals surface area (Å²) in [5.41, 5.74) is 2.06. The first-order chi connectivity index (χ1) is 16.4. The molecule has 0 fully saturated rings. The number of aromatic nitrogens is 2. The number of nitrogens with one attached hydrogen (secondary N) is 2. The predicted octanol–water partition coefficient (Wildman–Crippen LogP) is 4.61. The second kappa shape index (κ2) is 11.2. The van der Waals surface area contributed by atoms with Crippen LogP contribution in [0.2, 0.25) is 5.02 Å². The molecular weight excluding hydrogens is 460 g/mol. The number of ether oxygens (including phenoxy) is 4. The van der Waals surface area contributed by atoms with Crippen molar-refractivity contribution in [1.29, 1.82) is 5.26 Å². The maximum Gasteiger partial charge on any atom is 0.229 e. The van der Waals surface area contributed by atoms with Crippen LogP contribution in [0.25, 0.3) is 0 Å². The highest BCUT2D eigenvalue weighted by Gasteiger charge is 2.16. The highest BCUT2D eigenvalue weighted by molar-refractivity contribution is 6.33. The molecule has 0 spiro atoms. The van der Waals surface area contributed by atoms with E-state index in [1.165, 1.54) is 27.5 Å². The lowest BCUT2D eigenvalue weighted by Gasteiger charge is -2.21. The van der Waals surface area contributed by atoms with Gasteiger partial charge in [-0.05, 0) is 12.1 Å². The lowest BCUT2D eigenvalue weighted by molar-refractivity contribution is 0.324. The average Bonchev–Trinajstić information content (AvgIpc) is 2.85. The molecule has 34 heavy (non-hydrogen) atoms. The van der Waals surface area contributed by atoms with Crippen LogP contribution in [0, 0.1) is 11.3 Å². The van der Waals surface area contributed by atoms with Gasteiger partial charge >= 0.3 is 0 Å². The topological polar surface area (TPSA) is 114 Å². The van der Waals surface area contributed by atoms with Gasteiger partial charge in [0.15, 0.2) is 17.3 Å². The Kier molecular flexibility index (Phi) is 8.05. The minimum absolute atomic E-state index is 0.188. The number of benzene rings is 2. The van der Waals surface area contributed by atoms with Crippen LogP contribution in [0.5, 0.6) is 23.0 Å². The molecule has 0 bridgehead atoms. The molecule has 0 saturated carbocycles. The maximum absolute atomic E-state index is 9.11. The summed E-state index contributed by atoms with van der Waals surface area (Å²) >= 11 is 6.37. The molecule has 2 aromatic carbocycles. The molecule has 0 aliphatic rings. The summed E-state index contributed by atoms with van der Waals surface area (Å²) in [6.45, 7) is 0.188. The van der Waals surface area contributed by atoms with E-state index >= 15 is 0 Å². The van der Waals surface area contributed by atoms with E-state index in [0.717, 1.165) is 5.69 Å². The Morgan fingerprint density at radius 1 is 1.00 bits per heavy atom. The number of nitriles is 1. The van der Waals surface area contributed by atoms with Crippen molar-refractivity contribution in [2.75, 3.05) is 57.6 Å². The molecule has 0 aliphatic heterocycles. The SMILES string of the molecule is COc1ccc(Nc2nc(Nc3cc(OC)c(OC)c(OC)c3)ncc2Cl)c(N(C)CC#N)c1. The van der Waals surface area contributed by atoms with Crippen LogP contribution in [0.4, 0.5) is 28.8 Å². The van der Waals surface area contributed by atoms with Crippen molar-refractivity contribution in [3.05, 3.63) is 41.6 Å². The van der Waals surface area contributed by atoms with Crippen molar-refractivity contribution in [3.63, 3.8) is 0 Å². The lowest BCUT2D eigenvalue weighted by atomic mass is 10.2. The largest absolute Gasteiger partial charge is 0.497 e. The summed E-state index contributed by atoms with van der Waals surface area (Å²) in [7, 11) is 8.01. The van der Waals surface area contributed by atoms with E-state index in [1.807, 2.05) is 19.2 Å². The first-order valence-electron chi connectivity index (χ1n) is 10.1. The lowest BCUT2D eigenvalue weighted by Crippen LogP contribution is -2.18. The van der Waals surface area contributed by atoms with Gasteiger partial charge < -0.3 is 34.5 Å². The van der Waals surface area contributed by atoms with Gasteiger partial charge in [-0.25, -0.2) is 4.98 Å². The van der Waals surface area contributed by atoms with Crippen LogP contribution in [-0.4, -0.2) is 52.0 Å². The molecule has 178 valence electrons. The molecule has 1 aromatic heterocycles. The number of rotatable bonds is 10. The van der Waals surface area contributed by atoms with Gasteiger partial charge in [-0.3, -0.25) is 0 Å². The first-order valence-corrected chi connectivity index (χ1v) is 10.4. The van der Waals surface area contributed by atoms with Crippen molar-refractivity contribution in [3.8, 4) is 29.1 Å². The fraction of sp³-hybridized carbons (Fsp3) is 0.261. The van der Waals surface area contributed by atoms with Gasteiger partial charge in [0.25, 0.3) is 0 Å². The summed E-state index contributed by atoms with van der Waals surface area (Å²) < 4.78 is 21.5. The molecule has 0 unspecified atom stereocenters. The summed E-state index contributed by atoms with van der Waals surface area (Å²) in [4.78, 5) is 10.6. The number of hydrogen-bond donors (Lipinski definition) is 2. The standard InChI is InChI=1S/C23H25ClN6O4/c1-30(9-8-25)18-12-15(31-2)6-7-17(18)28-22-16(24)13-26-23(29-22)27-14-10-19(32-3)21(34-5)20(11-14)33-4/h6-7,10-13H,9H2,1-5H3,(H2,26,27,28,29). The third-order valence-electron chi connectivity index (χ3n) is 4.84. The van der Waals surface area contributed by atoms with Gasteiger partial charge in [-0.15, -0.1) is 0 Å². The Balaban J connectivity index is 1.93. The number of methoxy groups -OCH3 is 4. The Morgan fingerprint density at radius 2 is 1.71 bits per heavy atom. The summed E-state index contributed by atoms with van der Waals surface area (Å²) in [6, 6.07) is 11.1. The van der Waals surface area contributed by atoms with E-state index in [9.17, 15) is 0 Å². The fourth-order valence-corrected chi connectivity index (χ4v) is 3.31. The molecule has 0 aliphatic carbocycles. The van der Waals surface area contributed by atoms with Crippen LogP contribution in [0.1, 0.15) is 0 Å². The Morgan fingerprint density at radius 3 is 2.29 bits per heavy atom. The zero-order chi connectivity index (χ0) is 24.7. The van der Waals surface area contributed by atoms with Gasteiger partial charge in [-0.2, -0.15) is 10.2 Å². The summed E-state index contributed by atoms with van der Waals surface area (Å²) in [6.07, 6.45) is 1.49. The zero-order valence-electron chi connectivity index (χ0n) is 19.5. The number of nitrogens with zero attached hydrogens (tertiary/aromatic N) is 4. The summed E-state index contributed by atoms with van der Waals surface area (Å²) in [5.74, 6) is 2.78. The van der Waals surface area contributed by atoms with Crippen LogP contribution < -0.4 is 34.5 Å². The van der Waals surface area contributed by atoms with E-state index in [0.29, 0.717) is 51.2 Å². The highest BCUT2D eigenvalue weighted by Crippen LogP contribution is 2.40. The minimum atomic E-state index is 0.188. The van der Waals surface area contributed by atoms with Crippen molar-refractivity contribution in [1.82, 2.24) is 9.97 Å². The molecule has 0 atom stereocenters. The van der Waals surface area contributed by atoms with Crippen molar-refractivity contribution in [2.45, 2.75) is 0 Å². The summed E-state index contributed by atoms with van der Waals surface area (Å²) in [5, 5.41) is 15.8. The maximum atomic E-state index is 9.11. The molecule has 10 nitrogen and oxygen atoms in total. The highest BCUT2D eigenvalue weighted by atomic mass is 35.5. The molecule has 0 saturated heterocycles. The van der Waals surface area contributed by atoms with E-state index in [-0.39, 0.29) is 6.54 Å². The minimum Gasteiger partial charge on any atom is -0.497 e. The Hall–Kier alpha value is -4.10. The number of anilines is 5. The molecule has 2 N–H and O–H groups in total. The third-order valence-corrected chi connectivity index (χ3v) is 5.12. The van der Waals surface area contributed by atoms with E-state index < -0.39 is 0 Å². The fourth-order valence-electron chi connectivity index (χ4n) is 3.18. The second-order valence-electron chi connectivity index (χ2n) is 6.95. The van der Waals surface area contributed by atoms with E-state index in [2.05, 4.69) is 26.7 Å². The Bertz CT molecular complexity index is 1180. The molecule has 1 heterocycles. The van der Waals surface area contributed by atoms with Crippen molar-refractivity contribution in [2.24, 2.45) is 0 Å². The van der Waals surface area contributed by atoms with Crippen LogP contribution in [-0.2, 0) is 0 Å². The number of hydrogen-bond acceptors (Lipinski definition) is 10. The molecule has 3 aromatic rings. The van der Waals surface area contributed by atoms with Crippen LogP contribution in [0.3, 0.4) is 0 Å². The van der Waals surface area contributed by atoms with Crippen molar-refractivity contribution < 1.29 is 18.9 Å². The van der Waals surface area contributed by atoms with Crippen LogP contribution >= 0.6 is 11.6 Å². The molecule has 0 radical (unpaired) electrons. The first kappa shape index (κ1) is 24.5. The quantitative estimate of drug-likeness (QED) is 0.395. The monoisotopic (exact) mass is 484 g/mol. The second-order valence-corrected chi connectivity index (χ2v) is 7.36. The van der Waals surface area contributed by atoms with Crippen molar-refractivity contribution >= 4 is 40.4 Å². The van der Waals surface area contributed by atoms with Gasteiger partial charge in [0.05, 0.1) is 52.1 Å². The average molecular weight is 485 g/mol.